The molecule has 6 aliphatic carbocycles. The number of hydrogen-bond donors (Lipinski definition) is 3. The predicted octanol–water partition coefficient (Wildman–Crippen LogP) is 10.00. The molecule has 4 nitrogen and oxygen atoms in total. The first-order valence-electron chi connectivity index (χ1n) is 20.4. The Balaban J connectivity index is 1.27. The van der Waals surface area contributed by atoms with Crippen LogP contribution in [0.3, 0.4) is 0 Å². The van der Waals surface area contributed by atoms with Crippen molar-refractivity contribution in [2.24, 2.45) is 62.6 Å². The fourth-order valence-electron chi connectivity index (χ4n) is 13.0. The average molecular weight is 677 g/mol. The third-order valence-electron chi connectivity index (χ3n) is 16.3. The molecule has 0 aromatic rings. The standard InChI is InChI=1S/C45H72O4/c1-30(2)32-11-15-36-34(23-32)13-17-38-41(5,19-9-21-43(36,38)7)25-40(45(26-46,27-47)28-48)49-29-42(6)20-10-22-44(8)37-16-12-33(31(3)4)24-35(37)14-18-39(42)44/h13-14,23-24,30-31,36-40,46-48H,9-12,15-22,25-29H2,1-8H3/t36-,37-,38?,39?,40?,41-,42-,43-,44-/m1/s1. The van der Waals surface area contributed by atoms with E-state index in [1.807, 2.05) is 0 Å². The van der Waals surface area contributed by atoms with Crippen molar-refractivity contribution in [1.82, 2.24) is 0 Å². The molecule has 0 aromatic heterocycles. The molecule has 49 heavy (non-hydrogen) atoms. The minimum atomic E-state index is -1.07. The van der Waals surface area contributed by atoms with Crippen LogP contribution < -0.4 is 0 Å². The molecule has 0 aromatic carbocycles. The van der Waals surface area contributed by atoms with Gasteiger partial charge in [0.25, 0.3) is 0 Å². The molecule has 276 valence electrons. The fraction of sp³-hybridized carbons (Fsp3) is 0.822. The highest BCUT2D eigenvalue weighted by Crippen LogP contribution is 2.65. The molecule has 0 radical (unpaired) electrons. The molecule has 0 heterocycles. The molecule has 2 fully saturated rings. The van der Waals surface area contributed by atoms with Crippen molar-refractivity contribution in [2.45, 2.75) is 145 Å². The first-order valence-corrected chi connectivity index (χ1v) is 20.4. The molecule has 6 aliphatic rings. The number of fused-ring (bicyclic) bond motifs is 6. The fourth-order valence-corrected chi connectivity index (χ4v) is 13.0. The summed E-state index contributed by atoms with van der Waals surface area (Å²) >= 11 is 0. The highest BCUT2D eigenvalue weighted by Gasteiger charge is 2.58. The molecule has 9 atom stereocenters. The topological polar surface area (TPSA) is 69.9 Å². The first kappa shape index (κ1) is 37.6. The van der Waals surface area contributed by atoms with Gasteiger partial charge >= 0.3 is 0 Å². The van der Waals surface area contributed by atoms with E-state index >= 15 is 0 Å². The summed E-state index contributed by atoms with van der Waals surface area (Å²) in [6.07, 6.45) is 24.9. The van der Waals surface area contributed by atoms with Crippen molar-refractivity contribution in [2.75, 3.05) is 26.4 Å². The molecule has 0 spiro atoms. The molecule has 3 N–H and O–H groups in total. The number of aliphatic hydroxyl groups is 3. The summed E-state index contributed by atoms with van der Waals surface area (Å²) in [6.45, 7) is 19.3. The summed E-state index contributed by atoms with van der Waals surface area (Å²) in [4.78, 5) is 0. The molecule has 2 saturated carbocycles. The van der Waals surface area contributed by atoms with E-state index in [2.05, 4.69) is 79.7 Å². The summed E-state index contributed by atoms with van der Waals surface area (Å²) in [6, 6.07) is 0. The average Bonchev–Trinajstić information content (AvgIpc) is 3.07. The van der Waals surface area contributed by atoms with Crippen molar-refractivity contribution >= 4 is 0 Å². The Morgan fingerprint density at radius 1 is 0.694 bits per heavy atom. The van der Waals surface area contributed by atoms with E-state index in [9.17, 15) is 15.3 Å². The molecule has 0 saturated heterocycles. The Morgan fingerprint density at radius 2 is 1.14 bits per heavy atom. The van der Waals surface area contributed by atoms with Gasteiger partial charge in [-0.1, -0.05) is 104 Å². The third-order valence-corrected chi connectivity index (χ3v) is 16.3. The number of aliphatic hydroxyl groups excluding tert-OH is 3. The van der Waals surface area contributed by atoms with Crippen LogP contribution in [-0.2, 0) is 4.74 Å². The Labute approximate surface area is 299 Å². The van der Waals surface area contributed by atoms with Gasteiger partial charge in [0, 0.05) is 0 Å². The molecule has 4 heteroatoms. The van der Waals surface area contributed by atoms with E-state index in [1.165, 1.54) is 51.4 Å². The second kappa shape index (κ2) is 14.0. The van der Waals surface area contributed by atoms with E-state index < -0.39 is 11.5 Å². The minimum absolute atomic E-state index is 0.000484. The maximum absolute atomic E-state index is 10.9. The van der Waals surface area contributed by atoms with Crippen LogP contribution in [0.1, 0.15) is 139 Å². The maximum atomic E-state index is 10.9. The van der Waals surface area contributed by atoms with Gasteiger partial charge in [-0.25, -0.2) is 0 Å². The lowest BCUT2D eigenvalue weighted by Gasteiger charge is -2.60. The number of rotatable bonds is 11. The summed E-state index contributed by atoms with van der Waals surface area (Å²) in [5, 5.41) is 32.6. The lowest BCUT2D eigenvalue weighted by Crippen LogP contribution is -2.56. The Bertz CT molecular complexity index is 1320. The molecule has 6 rings (SSSR count). The van der Waals surface area contributed by atoms with E-state index in [0.717, 1.165) is 32.1 Å². The minimum Gasteiger partial charge on any atom is -0.396 e. The Morgan fingerprint density at radius 3 is 1.59 bits per heavy atom. The molecule has 3 unspecified atom stereocenters. The lowest BCUT2D eigenvalue weighted by atomic mass is 9.45. The van der Waals surface area contributed by atoms with Gasteiger partial charge in [0.2, 0.25) is 0 Å². The van der Waals surface area contributed by atoms with Gasteiger partial charge in [-0.3, -0.25) is 0 Å². The van der Waals surface area contributed by atoms with E-state index in [4.69, 9.17) is 4.74 Å². The number of allylic oxidation sites excluding steroid dienone is 8. The number of ether oxygens (including phenoxy) is 1. The van der Waals surface area contributed by atoms with E-state index in [1.54, 1.807) is 22.3 Å². The molecular formula is C45H72O4. The zero-order valence-corrected chi connectivity index (χ0v) is 32.6. The zero-order valence-electron chi connectivity index (χ0n) is 32.6. The van der Waals surface area contributed by atoms with Gasteiger partial charge in [0.05, 0.1) is 37.9 Å². The van der Waals surface area contributed by atoms with Gasteiger partial charge in [-0.05, 0) is 139 Å². The number of hydrogen-bond acceptors (Lipinski definition) is 4. The SMILES string of the molecule is CC(C)C1=CC2=CCC3[C@@](C)(COC(C[C@@]4(C)CCC[C@@]5(C)C4CC=C4C=C(C(C)C)CC[C@H]45)C(CO)(CO)CO)CCC[C@]3(C)[C@@H]2CC1. The van der Waals surface area contributed by atoms with Crippen LogP contribution in [0.25, 0.3) is 0 Å². The summed E-state index contributed by atoms with van der Waals surface area (Å²) < 4.78 is 7.19. The maximum Gasteiger partial charge on any atom is 0.0703 e. The lowest BCUT2D eigenvalue weighted by molar-refractivity contribution is -0.176. The second-order valence-electron chi connectivity index (χ2n) is 19.8. The van der Waals surface area contributed by atoms with Crippen molar-refractivity contribution in [3.8, 4) is 0 Å². The largest absolute Gasteiger partial charge is 0.396 e. The molecular weight excluding hydrogens is 604 g/mol. The van der Waals surface area contributed by atoms with Crippen LogP contribution in [0.15, 0.2) is 46.6 Å². The monoisotopic (exact) mass is 677 g/mol. The molecule has 0 aliphatic heterocycles. The zero-order chi connectivity index (χ0) is 35.4. The molecule has 0 bridgehead atoms. The molecule has 0 amide bonds. The van der Waals surface area contributed by atoms with Crippen LogP contribution in [0, 0.1) is 62.6 Å². The van der Waals surface area contributed by atoms with Gasteiger partial charge in [-0.15, -0.1) is 0 Å². The van der Waals surface area contributed by atoms with Crippen molar-refractivity contribution in [3.63, 3.8) is 0 Å². The van der Waals surface area contributed by atoms with Gasteiger partial charge in [-0.2, -0.15) is 0 Å². The highest BCUT2D eigenvalue weighted by molar-refractivity contribution is 5.36. The summed E-state index contributed by atoms with van der Waals surface area (Å²) in [5.41, 5.74) is 5.80. The third kappa shape index (κ3) is 6.44. The van der Waals surface area contributed by atoms with Crippen LogP contribution in [0.2, 0.25) is 0 Å². The van der Waals surface area contributed by atoms with E-state index in [-0.39, 0.29) is 41.5 Å². The predicted molar refractivity (Wildman–Crippen MR) is 202 cm³/mol. The smallest absolute Gasteiger partial charge is 0.0703 e. The Kier molecular flexibility index (Phi) is 10.7. The van der Waals surface area contributed by atoms with Crippen LogP contribution >= 0.6 is 0 Å². The highest BCUT2D eigenvalue weighted by atomic mass is 16.5. The van der Waals surface area contributed by atoms with Gasteiger partial charge < -0.3 is 20.1 Å². The second-order valence-corrected chi connectivity index (χ2v) is 19.8. The van der Waals surface area contributed by atoms with E-state index in [0.29, 0.717) is 42.1 Å². The first-order chi connectivity index (χ1) is 23.2. The van der Waals surface area contributed by atoms with Gasteiger partial charge in [0.15, 0.2) is 0 Å². The summed E-state index contributed by atoms with van der Waals surface area (Å²) in [5.74, 6) is 3.49. The van der Waals surface area contributed by atoms with Crippen molar-refractivity contribution in [1.29, 1.82) is 0 Å². The van der Waals surface area contributed by atoms with Crippen molar-refractivity contribution < 1.29 is 20.1 Å². The Hall–Kier alpha value is -1.20. The normalized spacial score (nSPS) is 39.9. The van der Waals surface area contributed by atoms with Crippen LogP contribution in [0.5, 0.6) is 0 Å². The van der Waals surface area contributed by atoms with Crippen molar-refractivity contribution in [3.05, 3.63) is 46.6 Å². The van der Waals surface area contributed by atoms with Gasteiger partial charge in [0.1, 0.15) is 0 Å². The quantitative estimate of drug-likeness (QED) is 0.204. The summed E-state index contributed by atoms with van der Waals surface area (Å²) in [7, 11) is 0. The van der Waals surface area contributed by atoms with Crippen LogP contribution in [0.4, 0.5) is 0 Å². The van der Waals surface area contributed by atoms with Crippen LogP contribution in [-0.4, -0.2) is 47.9 Å².